The first kappa shape index (κ1) is 11.7. The molecule has 6 nitrogen and oxygen atoms in total. The number of hydrogen-bond donors (Lipinski definition) is 3. The average Bonchev–Trinajstić information content (AvgIpc) is 2.60. The lowest BCUT2D eigenvalue weighted by atomic mass is 10.4. The van der Waals surface area contributed by atoms with Gasteiger partial charge in [0.05, 0.1) is 6.61 Å². The maximum Gasteiger partial charge on any atom is 0.265 e. The number of rotatable bonds is 5. The molecule has 0 saturated carbocycles. The maximum atomic E-state index is 11.6. The minimum absolute atomic E-state index is 0.219. The fourth-order valence-corrected chi connectivity index (χ4v) is 1.70. The lowest BCUT2D eigenvalue weighted by Gasteiger charge is -2.01. The molecule has 0 atom stereocenters. The highest BCUT2D eigenvalue weighted by Gasteiger charge is 2.14. The van der Waals surface area contributed by atoms with E-state index in [1.165, 1.54) is 11.3 Å². The number of carbonyl (C=O) groups is 1. The molecule has 84 valence electrons. The molecule has 0 unspecified atom stereocenters. The number of thiazole rings is 1. The summed E-state index contributed by atoms with van der Waals surface area (Å²) in [4.78, 5) is 16.0. The first-order valence-electron chi connectivity index (χ1n) is 4.40. The van der Waals surface area contributed by atoms with E-state index in [1.807, 2.05) is 0 Å². The molecule has 0 spiro atoms. The second kappa shape index (κ2) is 5.52. The normalized spacial score (nSPS) is 10.0. The molecule has 1 aromatic rings. The van der Waals surface area contributed by atoms with Crippen molar-refractivity contribution in [2.45, 2.75) is 0 Å². The van der Waals surface area contributed by atoms with Gasteiger partial charge in [-0.1, -0.05) is 11.3 Å². The number of nitrogens with two attached hydrogens (primary N) is 1. The van der Waals surface area contributed by atoms with Crippen LogP contribution < -0.4 is 16.4 Å². The van der Waals surface area contributed by atoms with Crippen LogP contribution in [0.25, 0.3) is 0 Å². The molecule has 0 aliphatic rings. The molecule has 1 heterocycles. The predicted molar refractivity (Wildman–Crippen MR) is 60.3 cm³/mol. The van der Waals surface area contributed by atoms with E-state index in [-0.39, 0.29) is 11.7 Å². The number of methoxy groups -OCH3 is 1. The van der Waals surface area contributed by atoms with E-state index in [1.54, 1.807) is 14.2 Å². The Morgan fingerprint density at radius 2 is 2.40 bits per heavy atom. The van der Waals surface area contributed by atoms with Crippen molar-refractivity contribution in [2.24, 2.45) is 0 Å². The number of nitrogens with zero attached hydrogens (tertiary/aromatic N) is 1. The molecular formula is C8H14N4O2S. The molecule has 1 aromatic heterocycles. The number of carbonyl (C=O) groups excluding carboxylic acids is 1. The third-order valence-corrected chi connectivity index (χ3v) is 2.75. The molecule has 0 bridgehead atoms. The van der Waals surface area contributed by atoms with Crippen molar-refractivity contribution in [1.82, 2.24) is 10.3 Å². The number of aromatic nitrogens is 1. The molecule has 1 amide bonds. The van der Waals surface area contributed by atoms with Crippen molar-refractivity contribution in [3.05, 3.63) is 4.88 Å². The molecule has 0 fully saturated rings. The van der Waals surface area contributed by atoms with E-state index in [9.17, 15) is 4.79 Å². The van der Waals surface area contributed by atoms with Gasteiger partial charge in [0.15, 0.2) is 5.13 Å². The molecule has 0 aliphatic carbocycles. The van der Waals surface area contributed by atoms with Gasteiger partial charge >= 0.3 is 0 Å². The van der Waals surface area contributed by atoms with Gasteiger partial charge in [0.25, 0.3) is 5.91 Å². The van der Waals surface area contributed by atoms with Gasteiger partial charge < -0.3 is 21.1 Å². The first-order valence-corrected chi connectivity index (χ1v) is 5.22. The highest BCUT2D eigenvalue weighted by Crippen LogP contribution is 2.23. The summed E-state index contributed by atoms with van der Waals surface area (Å²) in [5, 5.41) is 6.14. The third kappa shape index (κ3) is 3.07. The van der Waals surface area contributed by atoms with Crippen LogP contribution >= 0.6 is 11.3 Å². The monoisotopic (exact) mass is 230 g/mol. The van der Waals surface area contributed by atoms with E-state index in [0.717, 1.165) is 0 Å². The second-order valence-electron chi connectivity index (χ2n) is 2.73. The highest BCUT2D eigenvalue weighted by atomic mass is 32.1. The molecule has 0 saturated heterocycles. The minimum Gasteiger partial charge on any atom is -0.383 e. The van der Waals surface area contributed by atoms with Crippen LogP contribution in [0.3, 0.4) is 0 Å². The van der Waals surface area contributed by atoms with Crippen molar-refractivity contribution in [1.29, 1.82) is 0 Å². The van der Waals surface area contributed by atoms with Gasteiger partial charge in [0.1, 0.15) is 10.7 Å². The van der Waals surface area contributed by atoms with Crippen LogP contribution in [-0.2, 0) is 4.74 Å². The maximum absolute atomic E-state index is 11.6. The van der Waals surface area contributed by atoms with Crippen LogP contribution in [0.1, 0.15) is 9.67 Å². The van der Waals surface area contributed by atoms with Crippen LogP contribution in [0.5, 0.6) is 0 Å². The Labute approximate surface area is 91.8 Å². The number of ether oxygens (including phenoxy) is 1. The molecule has 15 heavy (non-hydrogen) atoms. The van der Waals surface area contributed by atoms with Crippen LogP contribution in [0.4, 0.5) is 10.9 Å². The van der Waals surface area contributed by atoms with E-state index < -0.39 is 0 Å². The number of hydrogen-bond acceptors (Lipinski definition) is 6. The summed E-state index contributed by atoms with van der Waals surface area (Å²) in [6.45, 7) is 0.935. The van der Waals surface area contributed by atoms with Crippen LogP contribution in [0, 0.1) is 0 Å². The van der Waals surface area contributed by atoms with Crippen molar-refractivity contribution in [3.63, 3.8) is 0 Å². The van der Waals surface area contributed by atoms with Gasteiger partial charge in [-0.15, -0.1) is 0 Å². The Morgan fingerprint density at radius 3 is 2.93 bits per heavy atom. The van der Waals surface area contributed by atoms with Crippen LogP contribution in [0.15, 0.2) is 0 Å². The molecule has 1 rings (SSSR count). The van der Waals surface area contributed by atoms with Gasteiger partial charge in [-0.25, -0.2) is 4.98 Å². The molecule has 0 radical (unpaired) electrons. The number of nitrogens with one attached hydrogen (secondary N) is 2. The van der Waals surface area contributed by atoms with E-state index >= 15 is 0 Å². The summed E-state index contributed by atoms with van der Waals surface area (Å²) in [6, 6.07) is 0. The topological polar surface area (TPSA) is 89.3 Å². The average molecular weight is 230 g/mol. The summed E-state index contributed by atoms with van der Waals surface area (Å²) in [5.41, 5.74) is 5.59. The number of amides is 1. The van der Waals surface area contributed by atoms with Gasteiger partial charge in [-0.05, 0) is 0 Å². The SMILES string of the molecule is CNc1nc(N)c(C(=O)NCCOC)s1. The fourth-order valence-electron chi connectivity index (χ4n) is 0.948. The predicted octanol–water partition coefficient (Wildman–Crippen LogP) is 0.143. The Kier molecular flexibility index (Phi) is 4.32. The number of nitrogen functional groups attached to an aromatic ring is 1. The van der Waals surface area contributed by atoms with Gasteiger partial charge in [0, 0.05) is 20.7 Å². The first-order chi connectivity index (χ1) is 7.19. The number of anilines is 2. The lowest BCUT2D eigenvalue weighted by molar-refractivity contribution is 0.0942. The van der Waals surface area contributed by atoms with Crippen LogP contribution in [0.2, 0.25) is 0 Å². The van der Waals surface area contributed by atoms with Crippen molar-refractivity contribution >= 4 is 28.2 Å². The largest absolute Gasteiger partial charge is 0.383 e. The Balaban J connectivity index is 2.60. The van der Waals surface area contributed by atoms with Gasteiger partial charge in [0.2, 0.25) is 0 Å². The summed E-state index contributed by atoms with van der Waals surface area (Å²) in [5.74, 6) is 0.0304. The molecule has 0 aliphatic heterocycles. The van der Waals surface area contributed by atoms with E-state index in [2.05, 4.69) is 15.6 Å². The summed E-state index contributed by atoms with van der Waals surface area (Å²) in [7, 11) is 3.30. The van der Waals surface area contributed by atoms with Crippen molar-refractivity contribution in [3.8, 4) is 0 Å². The highest BCUT2D eigenvalue weighted by molar-refractivity contribution is 7.18. The fraction of sp³-hybridized carbons (Fsp3) is 0.500. The van der Waals surface area contributed by atoms with E-state index in [4.69, 9.17) is 10.5 Å². The zero-order valence-electron chi connectivity index (χ0n) is 8.66. The molecule has 0 aromatic carbocycles. The molecule has 7 heteroatoms. The minimum atomic E-state index is -0.219. The third-order valence-electron chi connectivity index (χ3n) is 1.67. The second-order valence-corrected chi connectivity index (χ2v) is 3.73. The van der Waals surface area contributed by atoms with E-state index in [0.29, 0.717) is 23.2 Å². The zero-order chi connectivity index (χ0) is 11.3. The summed E-state index contributed by atoms with van der Waals surface area (Å²) >= 11 is 1.23. The van der Waals surface area contributed by atoms with Gasteiger partial charge in [-0.2, -0.15) is 0 Å². The molecular weight excluding hydrogens is 216 g/mol. The quantitative estimate of drug-likeness (QED) is 0.626. The summed E-state index contributed by atoms with van der Waals surface area (Å²) < 4.78 is 4.81. The Morgan fingerprint density at radius 1 is 1.67 bits per heavy atom. The molecule has 4 N–H and O–H groups in total. The zero-order valence-corrected chi connectivity index (χ0v) is 9.48. The van der Waals surface area contributed by atoms with Crippen molar-refractivity contribution < 1.29 is 9.53 Å². The lowest BCUT2D eigenvalue weighted by Crippen LogP contribution is -2.26. The van der Waals surface area contributed by atoms with Crippen LogP contribution in [-0.4, -0.2) is 38.2 Å². The summed E-state index contributed by atoms with van der Waals surface area (Å²) in [6.07, 6.45) is 0. The standard InChI is InChI=1S/C8H14N4O2S/c1-10-8-12-6(9)5(15-8)7(13)11-3-4-14-2/h3-4,9H2,1-2H3,(H,10,12)(H,11,13). The van der Waals surface area contributed by atoms with Gasteiger partial charge in [-0.3, -0.25) is 4.79 Å². The Hall–Kier alpha value is -1.34. The van der Waals surface area contributed by atoms with Crippen molar-refractivity contribution in [2.75, 3.05) is 38.4 Å². The smallest absolute Gasteiger partial charge is 0.265 e. The Bertz CT molecular complexity index is 339.